The molecule has 0 spiro atoms. The maximum atomic E-state index is 7.84. The molecule has 4 aromatic carbocycles. The van der Waals surface area contributed by atoms with E-state index in [1.807, 2.05) is 13.2 Å². The van der Waals surface area contributed by atoms with Crippen LogP contribution in [-0.4, -0.2) is 44.0 Å². The van der Waals surface area contributed by atoms with E-state index in [1.54, 1.807) is 48.5 Å². The molecule has 0 atom stereocenters. The van der Waals surface area contributed by atoms with Crippen molar-refractivity contribution in [2.75, 3.05) is 0 Å². The van der Waals surface area contributed by atoms with Gasteiger partial charge in [0.05, 0.1) is 45.9 Å². The molecule has 4 aliphatic heterocycles. The first-order chi connectivity index (χ1) is 24.0. The van der Waals surface area contributed by atoms with Crippen LogP contribution in [0.4, 0.5) is 11.6 Å². The lowest BCUT2D eigenvalue weighted by Gasteiger charge is -2.15. The molecule has 0 saturated carbocycles. The van der Waals surface area contributed by atoms with Crippen LogP contribution in [0.3, 0.4) is 0 Å². The minimum atomic E-state index is -3.03. The van der Waals surface area contributed by atoms with Crippen LogP contribution in [0.1, 0.15) is 22.3 Å². The van der Waals surface area contributed by atoms with Crippen LogP contribution in [0.2, 0.25) is 40.2 Å². The van der Waals surface area contributed by atoms with E-state index in [1.165, 1.54) is 0 Å². The highest BCUT2D eigenvalue weighted by atomic mass is 35.6. The van der Waals surface area contributed by atoms with Gasteiger partial charge in [-0.05, 0) is 54.6 Å². The molecule has 50 heavy (non-hydrogen) atoms. The molecule has 6 bridgehead atoms. The maximum absolute atomic E-state index is 7.84. The molecule has 242 valence electrons. The quantitative estimate of drug-likeness (QED) is 0.137. The van der Waals surface area contributed by atoms with Gasteiger partial charge >= 0.3 is 13.7 Å². The second-order valence-electron chi connectivity index (χ2n) is 11.7. The number of hydrogen-bond donors (Lipinski definition) is 0. The zero-order chi connectivity index (χ0) is 34.5. The SMILES string of the molecule is Clc1cc2c(cc1Cl)C1=Nc3c4cc(Cl)c(Cl)cc4c4[n]3[Al]([Cl])[n]3c(c5cc(Cl)c(Cl)cc5c3=NC3=NC(=N4)c4cc(Cl)c(Cl)cc43)=CC2=N1. The fourth-order valence-corrected chi connectivity index (χ4v) is 11.1. The second-order valence-corrected chi connectivity index (χ2v) is 17.8. The predicted molar refractivity (Wildman–Crippen MR) is 210 cm³/mol. The molecule has 0 aliphatic carbocycles. The maximum Gasteiger partial charge on any atom is 0.721 e. The Bertz CT molecular complexity index is 2750. The average Bonchev–Trinajstić information content (AvgIpc) is 3.74. The van der Waals surface area contributed by atoms with E-state index in [2.05, 4.69) is 0 Å². The molecule has 0 N–H and O–H groups in total. The van der Waals surface area contributed by atoms with Gasteiger partial charge < -0.3 is 7.10 Å². The Morgan fingerprint density at radius 1 is 0.420 bits per heavy atom. The van der Waals surface area contributed by atoms with Gasteiger partial charge in [-0.25, -0.2) is 25.0 Å². The van der Waals surface area contributed by atoms with Crippen LogP contribution in [0.15, 0.2) is 73.5 Å². The van der Waals surface area contributed by atoms with Crippen LogP contribution in [0.5, 0.6) is 0 Å². The van der Waals surface area contributed by atoms with Gasteiger partial charge in [-0.2, -0.15) is 10.0 Å². The van der Waals surface area contributed by atoms with E-state index in [-0.39, 0.29) is 0 Å². The summed E-state index contributed by atoms with van der Waals surface area (Å²) < 4.78 is 3.88. The van der Waals surface area contributed by atoms with Crippen LogP contribution in [0.25, 0.3) is 27.6 Å². The number of halogens is 9. The molecule has 6 aromatic rings. The first kappa shape index (κ1) is 32.1. The number of aromatic nitrogens is 2. The zero-order valence-corrected chi connectivity index (χ0v) is 32.3. The van der Waals surface area contributed by atoms with Gasteiger partial charge in [-0.15, -0.1) is 0 Å². The summed E-state index contributed by atoms with van der Waals surface area (Å²) in [5, 5.41) is 6.06. The molecule has 0 radical (unpaired) electrons. The van der Waals surface area contributed by atoms with Gasteiger partial charge in [-0.1, -0.05) is 92.8 Å². The molecule has 6 heterocycles. The molecular formula is C33H9AlCl9N7. The monoisotopic (exact) mass is 845 g/mol. The molecule has 0 fully saturated rings. The minimum absolute atomic E-state index is 0.320. The highest BCUT2D eigenvalue weighted by Gasteiger charge is 2.38. The number of fused-ring (bicyclic) bond motifs is 14. The third-order valence-electron chi connectivity index (χ3n) is 8.96. The third-order valence-corrected chi connectivity index (χ3v) is 14.9. The number of aliphatic imine (C=N–C) groups is 4. The van der Waals surface area contributed by atoms with Crippen molar-refractivity contribution in [3.8, 4) is 0 Å². The normalized spacial score (nSPS) is 15.3. The molecule has 2 aromatic heterocycles. The highest BCUT2D eigenvalue weighted by molar-refractivity contribution is 7.05. The van der Waals surface area contributed by atoms with E-state index in [9.17, 15) is 0 Å². The summed E-state index contributed by atoms with van der Waals surface area (Å²) >= 11 is 49.9. The number of rotatable bonds is 0. The third kappa shape index (κ3) is 4.49. The van der Waals surface area contributed by atoms with E-state index < -0.39 is 13.7 Å². The first-order valence-corrected chi connectivity index (χ1v) is 20.4. The average molecular weight is 850 g/mol. The highest BCUT2D eigenvalue weighted by Crippen LogP contribution is 2.45. The molecule has 7 nitrogen and oxygen atoms in total. The Hall–Kier alpha value is -2.55. The van der Waals surface area contributed by atoms with Crippen LogP contribution < -0.4 is 10.8 Å². The zero-order valence-electron chi connectivity index (χ0n) is 24.3. The fourth-order valence-electron chi connectivity index (χ4n) is 6.73. The molecule has 17 heteroatoms. The lowest BCUT2D eigenvalue weighted by molar-refractivity contribution is 1.01. The smallest absolute Gasteiger partial charge is 0.385 e. The summed E-state index contributed by atoms with van der Waals surface area (Å²) in [7, 11) is 7.84. The van der Waals surface area contributed by atoms with Crippen molar-refractivity contribution < 1.29 is 0 Å². The van der Waals surface area contributed by atoms with Gasteiger partial charge in [0.1, 0.15) is 17.1 Å². The van der Waals surface area contributed by atoms with Crippen molar-refractivity contribution in [2.24, 2.45) is 25.0 Å². The second kappa shape index (κ2) is 11.2. The summed E-state index contributed by atoms with van der Waals surface area (Å²) in [5.41, 5.74) is 3.74. The van der Waals surface area contributed by atoms with E-state index in [0.717, 1.165) is 10.9 Å². The van der Waals surface area contributed by atoms with Crippen molar-refractivity contribution in [3.63, 3.8) is 0 Å². The molecule has 0 saturated heterocycles. The van der Waals surface area contributed by atoms with Gasteiger partial charge in [0.15, 0.2) is 17.5 Å². The lowest BCUT2D eigenvalue weighted by Crippen LogP contribution is -2.43. The molecular weight excluding hydrogens is 840 g/mol. The Kier molecular flexibility index (Phi) is 7.21. The topological polar surface area (TPSA) is 71.7 Å². The Balaban J connectivity index is 1.49. The Morgan fingerprint density at radius 3 is 1.40 bits per heavy atom. The number of benzene rings is 4. The largest absolute Gasteiger partial charge is 0.721 e. The summed E-state index contributed by atoms with van der Waals surface area (Å²) in [5.74, 6) is 2.00. The van der Waals surface area contributed by atoms with Gasteiger partial charge in [-0.3, -0.25) is 0 Å². The van der Waals surface area contributed by atoms with Gasteiger partial charge in [0, 0.05) is 49.1 Å². The van der Waals surface area contributed by atoms with Crippen LogP contribution in [-0.2, 0) is 0 Å². The van der Waals surface area contributed by atoms with E-state index >= 15 is 0 Å². The van der Waals surface area contributed by atoms with Crippen molar-refractivity contribution >= 4 is 179 Å². The van der Waals surface area contributed by atoms with Crippen molar-refractivity contribution in [1.82, 2.24) is 7.10 Å². The van der Waals surface area contributed by atoms with E-state index in [0.29, 0.717) is 119 Å². The molecule has 0 amide bonds. The molecule has 10 rings (SSSR count). The minimum Gasteiger partial charge on any atom is -0.385 e. The fraction of sp³-hybridized carbons (Fsp3) is 0. The Morgan fingerprint density at radius 2 is 0.840 bits per heavy atom. The Labute approximate surface area is 330 Å². The van der Waals surface area contributed by atoms with Gasteiger partial charge in [0.25, 0.3) is 0 Å². The van der Waals surface area contributed by atoms with Crippen molar-refractivity contribution in [2.45, 2.75) is 0 Å². The standard InChI is InChI=1S/C33H9Cl8N7.Al.ClH/c34-18-1-10-12(3-20(18)36)28-42-26(10)9-27-11-2-19(35)21(37)4-13(11)29(43-27)45-31-15-6-23(39)25(41)8-17(15)33(47-31)48-32-16-7-24(40)22(38)5-14(16)30(44-28)46-32;;/h1-9H;;1H/q-2;+3;/p-1. The summed E-state index contributed by atoms with van der Waals surface area (Å²) in [6.45, 7) is 0. The first-order valence-electron chi connectivity index (χ1n) is 14.6. The van der Waals surface area contributed by atoms with E-state index in [4.69, 9.17) is 128 Å². The van der Waals surface area contributed by atoms with Crippen LogP contribution >= 0.6 is 103 Å². The number of hydrogen-bond acceptors (Lipinski definition) is 5. The molecule has 4 aliphatic rings. The lowest BCUT2D eigenvalue weighted by atomic mass is 10.0. The summed E-state index contributed by atoms with van der Waals surface area (Å²) in [6.07, 6.45) is 1.92. The van der Waals surface area contributed by atoms with Crippen molar-refractivity contribution in [3.05, 3.63) is 122 Å². The molecule has 0 unspecified atom stereocenters. The van der Waals surface area contributed by atoms with Crippen LogP contribution in [0, 0.1) is 0 Å². The van der Waals surface area contributed by atoms with Gasteiger partial charge in [0.2, 0.25) is 0 Å². The number of nitrogens with zero attached hydrogens (tertiary/aromatic N) is 7. The number of amidine groups is 3. The summed E-state index contributed by atoms with van der Waals surface area (Å²) in [6, 6.07) is 14.0. The predicted octanol–water partition coefficient (Wildman–Crippen LogP) is 10.6. The summed E-state index contributed by atoms with van der Waals surface area (Å²) in [4.78, 5) is 25.4. The van der Waals surface area contributed by atoms with Crippen molar-refractivity contribution in [1.29, 1.82) is 0 Å².